The monoisotopic (exact) mass is 320 g/mol. The zero-order valence-corrected chi connectivity index (χ0v) is 11.1. The molecule has 0 amide bonds. The van der Waals surface area contributed by atoms with Crippen molar-refractivity contribution < 1.29 is 14.3 Å². The maximum absolute atomic E-state index is 11.2. The summed E-state index contributed by atoms with van der Waals surface area (Å²) in [5.41, 5.74) is 2.11. The summed E-state index contributed by atoms with van der Waals surface area (Å²) in [6, 6.07) is 5.61. The minimum absolute atomic E-state index is 0.194. The Morgan fingerprint density at radius 2 is 1.80 bits per heavy atom. The maximum Gasteiger partial charge on any atom is 0.514 e. The number of alkyl halides is 1. The second-order valence-electron chi connectivity index (χ2n) is 3.34. The van der Waals surface area contributed by atoms with E-state index in [0.717, 1.165) is 11.1 Å². The molecule has 0 bridgehead atoms. The lowest BCUT2D eigenvalue weighted by Crippen LogP contribution is -2.13. The molecule has 0 radical (unpaired) electrons. The first-order chi connectivity index (χ1) is 6.97. The SMILES string of the molecule is Cc1cc(C)cc(OC(=O)OC(C)I)c1. The molecule has 0 aliphatic carbocycles. The van der Waals surface area contributed by atoms with E-state index >= 15 is 0 Å². The van der Waals surface area contributed by atoms with E-state index in [-0.39, 0.29) is 4.11 Å². The highest BCUT2D eigenvalue weighted by Gasteiger charge is 2.09. The Bertz CT molecular complexity index is 341. The van der Waals surface area contributed by atoms with Crippen molar-refractivity contribution in [1.82, 2.24) is 0 Å². The quantitative estimate of drug-likeness (QED) is 0.361. The first-order valence-corrected chi connectivity index (χ1v) is 5.83. The Labute approximate surface area is 103 Å². The van der Waals surface area contributed by atoms with Crippen LogP contribution in [0.5, 0.6) is 5.75 Å². The molecule has 1 rings (SSSR count). The molecule has 0 spiro atoms. The molecular formula is C11H13IO3. The number of benzene rings is 1. The lowest BCUT2D eigenvalue weighted by atomic mass is 10.1. The van der Waals surface area contributed by atoms with Gasteiger partial charge in [0.15, 0.2) is 4.11 Å². The fourth-order valence-electron chi connectivity index (χ4n) is 1.24. The number of hydrogen-bond acceptors (Lipinski definition) is 3. The van der Waals surface area contributed by atoms with E-state index < -0.39 is 6.16 Å². The van der Waals surface area contributed by atoms with Crippen LogP contribution in [0.4, 0.5) is 4.79 Å². The van der Waals surface area contributed by atoms with Crippen molar-refractivity contribution in [3.05, 3.63) is 29.3 Å². The lowest BCUT2D eigenvalue weighted by Gasteiger charge is -2.08. The minimum Gasteiger partial charge on any atom is -0.420 e. The van der Waals surface area contributed by atoms with E-state index in [1.807, 2.05) is 42.5 Å². The van der Waals surface area contributed by atoms with Crippen LogP contribution in [0.1, 0.15) is 18.1 Å². The highest BCUT2D eigenvalue weighted by atomic mass is 127. The zero-order valence-electron chi connectivity index (χ0n) is 8.91. The van der Waals surface area contributed by atoms with Gasteiger partial charge in [-0.2, -0.15) is 0 Å². The fraction of sp³-hybridized carbons (Fsp3) is 0.364. The molecule has 82 valence electrons. The van der Waals surface area contributed by atoms with Gasteiger partial charge in [0.05, 0.1) is 0 Å². The smallest absolute Gasteiger partial charge is 0.420 e. The van der Waals surface area contributed by atoms with E-state index in [0.29, 0.717) is 5.75 Å². The van der Waals surface area contributed by atoms with Crippen LogP contribution in [0.2, 0.25) is 0 Å². The molecule has 0 aromatic heterocycles. The normalized spacial score (nSPS) is 12.0. The highest BCUT2D eigenvalue weighted by Crippen LogP contribution is 2.17. The molecule has 0 N–H and O–H groups in total. The second kappa shape index (κ2) is 5.34. The third-order valence-corrected chi connectivity index (χ3v) is 1.91. The molecule has 15 heavy (non-hydrogen) atoms. The van der Waals surface area contributed by atoms with Gasteiger partial charge in [-0.05, 0) is 66.6 Å². The molecule has 3 nitrogen and oxygen atoms in total. The number of hydrogen-bond donors (Lipinski definition) is 0. The largest absolute Gasteiger partial charge is 0.514 e. The first kappa shape index (κ1) is 12.3. The molecule has 1 unspecified atom stereocenters. The van der Waals surface area contributed by atoms with Gasteiger partial charge in [0.1, 0.15) is 5.75 Å². The van der Waals surface area contributed by atoms with Crippen LogP contribution in [-0.4, -0.2) is 10.3 Å². The number of carbonyl (C=O) groups is 1. The van der Waals surface area contributed by atoms with Gasteiger partial charge in [-0.1, -0.05) is 6.07 Å². The summed E-state index contributed by atoms with van der Waals surface area (Å²) in [6.07, 6.45) is -0.665. The van der Waals surface area contributed by atoms with Gasteiger partial charge < -0.3 is 9.47 Å². The summed E-state index contributed by atoms with van der Waals surface area (Å²) in [5, 5.41) is 0. The Kier molecular flexibility index (Phi) is 4.38. The summed E-state index contributed by atoms with van der Waals surface area (Å²) in [6.45, 7) is 5.67. The van der Waals surface area contributed by atoms with Gasteiger partial charge in [-0.3, -0.25) is 0 Å². The summed E-state index contributed by atoms with van der Waals surface area (Å²) < 4.78 is 9.69. The number of aryl methyl sites for hydroxylation is 2. The number of ether oxygens (including phenoxy) is 2. The molecule has 1 atom stereocenters. The van der Waals surface area contributed by atoms with Crippen LogP contribution in [0.15, 0.2) is 18.2 Å². The first-order valence-electron chi connectivity index (χ1n) is 4.58. The molecule has 1 aromatic rings. The average Bonchev–Trinajstić information content (AvgIpc) is 1.98. The summed E-state index contributed by atoms with van der Waals surface area (Å²) in [7, 11) is 0. The number of carbonyl (C=O) groups excluding carboxylic acids is 1. The van der Waals surface area contributed by atoms with Crippen molar-refractivity contribution in [2.75, 3.05) is 0 Å². The molecule has 0 saturated carbocycles. The molecule has 0 saturated heterocycles. The maximum atomic E-state index is 11.2. The van der Waals surface area contributed by atoms with Crippen LogP contribution < -0.4 is 4.74 Å². The molecule has 0 aliphatic heterocycles. The molecule has 0 aliphatic rings. The highest BCUT2D eigenvalue weighted by molar-refractivity contribution is 14.1. The van der Waals surface area contributed by atoms with E-state index in [2.05, 4.69) is 0 Å². The molecule has 1 aromatic carbocycles. The molecule has 0 heterocycles. The van der Waals surface area contributed by atoms with Gasteiger partial charge >= 0.3 is 6.16 Å². The van der Waals surface area contributed by atoms with Gasteiger partial charge in [0.2, 0.25) is 0 Å². The van der Waals surface area contributed by atoms with Crippen molar-refractivity contribution in [3.63, 3.8) is 0 Å². The Balaban J connectivity index is 2.68. The Hall–Kier alpha value is -0.780. The molecule has 4 heteroatoms. The number of rotatable bonds is 2. The van der Waals surface area contributed by atoms with E-state index in [9.17, 15) is 4.79 Å². The van der Waals surface area contributed by atoms with Gasteiger partial charge in [-0.25, -0.2) is 4.79 Å². The zero-order chi connectivity index (χ0) is 11.4. The van der Waals surface area contributed by atoms with Gasteiger partial charge in [0, 0.05) is 0 Å². The van der Waals surface area contributed by atoms with Gasteiger partial charge in [-0.15, -0.1) is 0 Å². The Morgan fingerprint density at radius 1 is 1.27 bits per heavy atom. The fourth-order valence-corrected chi connectivity index (χ4v) is 1.45. The predicted octanol–water partition coefficient (Wildman–Crippen LogP) is 3.60. The topological polar surface area (TPSA) is 35.5 Å². The summed E-state index contributed by atoms with van der Waals surface area (Å²) in [5.74, 6) is 0.523. The van der Waals surface area contributed by atoms with Crippen LogP contribution in [0.3, 0.4) is 0 Å². The van der Waals surface area contributed by atoms with Crippen LogP contribution in [0.25, 0.3) is 0 Å². The van der Waals surface area contributed by atoms with Crippen molar-refractivity contribution in [1.29, 1.82) is 0 Å². The number of halogens is 1. The van der Waals surface area contributed by atoms with Crippen molar-refractivity contribution >= 4 is 28.7 Å². The van der Waals surface area contributed by atoms with Crippen molar-refractivity contribution in [3.8, 4) is 5.75 Å². The van der Waals surface area contributed by atoms with E-state index in [1.165, 1.54) is 0 Å². The van der Waals surface area contributed by atoms with Crippen LogP contribution in [0, 0.1) is 13.8 Å². The van der Waals surface area contributed by atoms with Crippen molar-refractivity contribution in [2.24, 2.45) is 0 Å². The van der Waals surface area contributed by atoms with E-state index in [1.54, 1.807) is 19.1 Å². The van der Waals surface area contributed by atoms with Crippen molar-refractivity contribution in [2.45, 2.75) is 24.9 Å². The second-order valence-corrected chi connectivity index (χ2v) is 5.09. The van der Waals surface area contributed by atoms with Gasteiger partial charge in [0.25, 0.3) is 0 Å². The third-order valence-electron chi connectivity index (χ3n) is 1.66. The lowest BCUT2D eigenvalue weighted by molar-refractivity contribution is 0.0988. The minimum atomic E-state index is -0.665. The third kappa shape index (κ3) is 4.51. The van der Waals surface area contributed by atoms with E-state index in [4.69, 9.17) is 9.47 Å². The summed E-state index contributed by atoms with van der Waals surface area (Å²) >= 11 is 1.99. The Morgan fingerprint density at radius 3 is 2.27 bits per heavy atom. The van der Waals surface area contributed by atoms with Crippen LogP contribution >= 0.6 is 22.6 Å². The average molecular weight is 320 g/mol. The standard InChI is InChI=1S/C11H13IO3/c1-7-4-8(2)6-10(5-7)15-11(13)14-9(3)12/h4-6,9H,1-3H3. The molecule has 0 fully saturated rings. The molecular weight excluding hydrogens is 307 g/mol. The summed E-state index contributed by atoms with van der Waals surface area (Å²) in [4.78, 5) is 11.2. The van der Waals surface area contributed by atoms with Crippen LogP contribution in [-0.2, 0) is 4.74 Å². The predicted molar refractivity (Wildman–Crippen MR) is 66.5 cm³/mol.